The third-order valence-electron chi connectivity index (χ3n) is 6.18. The average Bonchev–Trinajstić information content (AvgIpc) is 3.25. The van der Waals surface area contributed by atoms with Crippen LogP contribution in [-0.2, 0) is 22.2 Å². The quantitative estimate of drug-likeness (QED) is 0.231. The molecule has 212 valence electrons. The number of rotatable bonds is 7. The van der Waals surface area contributed by atoms with Crippen LogP contribution in [0.5, 0.6) is 5.75 Å². The van der Waals surface area contributed by atoms with Gasteiger partial charge in [-0.3, -0.25) is 4.72 Å². The first-order valence-corrected chi connectivity index (χ1v) is 14.1. The van der Waals surface area contributed by atoms with Gasteiger partial charge in [-0.1, -0.05) is 32.1 Å². The number of carboxylic acid groups (broad SMARTS) is 1. The normalized spacial score (nSPS) is 14.7. The minimum absolute atomic E-state index is 0.515. The predicted molar refractivity (Wildman–Crippen MR) is 142 cm³/mol. The van der Waals surface area contributed by atoms with Crippen LogP contribution in [0.3, 0.4) is 0 Å². The molecule has 1 unspecified atom stereocenters. The largest absolute Gasteiger partial charge is 0.495 e. The number of alkyl halides is 3. The topological polar surface area (TPSA) is 101 Å². The van der Waals surface area contributed by atoms with E-state index in [2.05, 4.69) is 9.71 Å². The number of aromatic nitrogens is 2. The number of hydrogen-bond acceptors (Lipinski definition) is 6. The molecule has 13 heteroatoms. The fourth-order valence-electron chi connectivity index (χ4n) is 4.19. The van der Waals surface area contributed by atoms with E-state index in [0.29, 0.717) is 21.9 Å². The van der Waals surface area contributed by atoms with Crippen molar-refractivity contribution < 1.29 is 36.4 Å². The van der Waals surface area contributed by atoms with Gasteiger partial charge in [-0.2, -0.15) is 17.6 Å². The number of benzene rings is 1. The summed E-state index contributed by atoms with van der Waals surface area (Å²) in [5, 5.41) is 8.30. The van der Waals surface area contributed by atoms with Crippen LogP contribution in [0.2, 0.25) is 0 Å². The number of thiazole rings is 1. The molecular formula is C26H29F4N3O4S2. The van der Waals surface area contributed by atoms with Gasteiger partial charge in [0, 0.05) is 6.42 Å². The van der Waals surface area contributed by atoms with Crippen molar-refractivity contribution in [2.75, 3.05) is 11.8 Å². The lowest BCUT2D eigenvalue weighted by Crippen LogP contribution is -2.21. The number of aryl methyl sites for hydroxylation is 2. The minimum atomic E-state index is -5.08. The Morgan fingerprint density at radius 1 is 1.21 bits per heavy atom. The molecule has 2 N–H and O–H groups in total. The highest BCUT2D eigenvalue weighted by Gasteiger charge is 2.38. The Labute approximate surface area is 230 Å². The molecule has 1 atom stereocenters. The SMILES string of the molecule is COc1ccc(-c2sc(CC3CCCCC3)nc2C)cc1S(=O)Nc1cnc(F)cc1C.O=C(O)C(F)(F)F. The van der Waals surface area contributed by atoms with Gasteiger partial charge in [0.05, 0.1) is 34.6 Å². The van der Waals surface area contributed by atoms with Gasteiger partial charge in [0.15, 0.2) is 11.0 Å². The van der Waals surface area contributed by atoms with Gasteiger partial charge in [0.1, 0.15) is 10.6 Å². The third kappa shape index (κ3) is 8.46. The summed E-state index contributed by atoms with van der Waals surface area (Å²) < 4.78 is 66.6. The first-order chi connectivity index (χ1) is 18.4. The second kappa shape index (κ2) is 13.3. The molecule has 0 aliphatic heterocycles. The summed E-state index contributed by atoms with van der Waals surface area (Å²) in [7, 11) is -0.0493. The van der Waals surface area contributed by atoms with E-state index >= 15 is 0 Å². The zero-order chi connectivity index (χ0) is 28.7. The van der Waals surface area contributed by atoms with Crippen molar-refractivity contribution >= 4 is 34.0 Å². The lowest BCUT2D eigenvalue weighted by molar-refractivity contribution is -0.192. The van der Waals surface area contributed by atoms with Crippen molar-refractivity contribution in [1.82, 2.24) is 9.97 Å². The maximum Gasteiger partial charge on any atom is 0.490 e. The molecule has 2 aromatic heterocycles. The second-order valence-electron chi connectivity index (χ2n) is 9.09. The standard InChI is InChI=1S/C24H28FN3O2S2.C2HF3O2/c1-15-11-22(25)26-14-19(15)28-32(29)21-13-18(9-10-20(21)30-3)24-16(2)27-23(31-24)12-17-7-5-4-6-8-17;3-2(4,5)1(6)7/h9-11,13-14,17,28H,4-8,12H2,1-3H3;(H,6,7). The number of carboxylic acids is 1. The van der Waals surface area contributed by atoms with Crippen LogP contribution in [-0.4, -0.2) is 38.5 Å². The van der Waals surface area contributed by atoms with Crippen LogP contribution in [0, 0.1) is 25.7 Å². The van der Waals surface area contributed by atoms with Crippen molar-refractivity contribution in [2.24, 2.45) is 5.92 Å². The molecule has 0 bridgehead atoms. The van der Waals surface area contributed by atoms with E-state index in [1.54, 1.807) is 25.4 Å². The van der Waals surface area contributed by atoms with Gasteiger partial charge in [0.25, 0.3) is 0 Å². The highest BCUT2D eigenvalue weighted by Crippen LogP contribution is 2.36. The number of pyridine rings is 1. The van der Waals surface area contributed by atoms with Gasteiger partial charge in [0.2, 0.25) is 5.95 Å². The maximum absolute atomic E-state index is 13.3. The summed E-state index contributed by atoms with van der Waals surface area (Å²) in [6, 6.07) is 7.01. The molecule has 1 aliphatic rings. The lowest BCUT2D eigenvalue weighted by atomic mass is 9.87. The number of nitrogens with zero attached hydrogens (tertiary/aromatic N) is 2. The highest BCUT2D eigenvalue weighted by atomic mass is 32.2. The number of halogens is 4. The molecule has 1 fully saturated rings. The lowest BCUT2D eigenvalue weighted by Gasteiger charge is -2.20. The van der Waals surface area contributed by atoms with Crippen molar-refractivity contribution in [3.05, 3.63) is 52.7 Å². The molecule has 0 amide bonds. The Bertz CT molecular complexity index is 1330. The summed E-state index contributed by atoms with van der Waals surface area (Å²) >= 11 is 1.73. The Morgan fingerprint density at radius 3 is 2.46 bits per heavy atom. The fraction of sp³-hybridized carbons (Fsp3) is 0.423. The molecule has 39 heavy (non-hydrogen) atoms. The number of nitrogens with one attached hydrogen (secondary N) is 1. The summed E-state index contributed by atoms with van der Waals surface area (Å²) in [4.78, 5) is 19.0. The van der Waals surface area contributed by atoms with Gasteiger partial charge in [-0.15, -0.1) is 11.3 Å². The molecule has 0 radical (unpaired) electrons. The molecule has 0 spiro atoms. The number of carbonyl (C=O) groups is 1. The zero-order valence-corrected chi connectivity index (χ0v) is 23.2. The molecule has 0 saturated heterocycles. The number of aliphatic carboxylic acids is 1. The monoisotopic (exact) mass is 587 g/mol. The summed E-state index contributed by atoms with van der Waals surface area (Å²) in [6.07, 6.45) is 3.90. The molecule has 1 saturated carbocycles. The molecule has 1 aromatic carbocycles. The Hall–Kier alpha value is -3.06. The van der Waals surface area contributed by atoms with Crippen molar-refractivity contribution in [3.8, 4) is 16.2 Å². The maximum atomic E-state index is 13.3. The summed E-state index contributed by atoms with van der Waals surface area (Å²) in [6.45, 7) is 3.77. The molecule has 3 aromatic rings. The Balaban J connectivity index is 0.000000532. The van der Waals surface area contributed by atoms with E-state index in [9.17, 15) is 21.8 Å². The minimum Gasteiger partial charge on any atom is -0.495 e. The molecular weight excluding hydrogens is 558 g/mol. The van der Waals surface area contributed by atoms with Crippen molar-refractivity contribution in [2.45, 2.75) is 63.4 Å². The van der Waals surface area contributed by atoms with E-state index in [-0.39, 0.29) is 0 Å². The third-order valence-corrected chi connectivity index (χ3v) is 8.53. The molecule has 7 nitrogen and oxygen atoms in total. The van der Waals surface area contributed by atoms with E-state index in [1.165, 1.54) is 49.4 Å². The summed E-state index contributed by atoms with van der Waals surface area (Å²) in [5.74, 6) is -2.06. The average molecular weight is 588 g/mol. The first kappa shape index (κ1) is 30.5. The highest BCUT2D eigenvalue weighted by molar-refractivity contribution is 7.86. The fourth-order valence-corrected chi connectivity index (χ4v) is 6.46. The summed E-state index contributed by atoms with van der Waals surface area (Å²) in [5.41, 5.74) is 3.11. The number of anilines is 1. The Kier molecular flexibility index (Phi) is 10.4. The van der Waals surface area contributed by atoms with Crippen LogP contribution in [0.15, 0.2) is 35.4 Å². The zero-order valence-electron chi connectivity index (χ0n) is 21.6. The number of methoxy groups -OCH3 is 1. The predicted octanol–water partition coefficient (Wildman–Crippen LogP) is 6.86. The van der Waals surface area contributed by atoms with Crippen LogP contribution in [0.25, 0.3) is 10.4 Å². The van der Waals surface area contributed by atoms with Gasteiger partial charge in [-0.05, 0) is 55.2 Å². The first-order valence-electron chi connectivity index (χ1n) is 12.1. The second-order valence-corrected chi connectivity index (χ2v) is 11.4. The van der Waals surface area contributed by atoms with E-state index in [1.807, 2.05) is 25.1 Å². The molecule has 1 aliphatic carbocycles. The number of ether oxygens (including phenoxy) is 1. The van der Waals surface area contributed by atoms with Crippen LogP contribution in [0.1, 0.15) is 48.4 Å². The van der Waals surface area contributed by atoms with E-state index in [4.69, 9.17) is 19.6 Å². The Morgan fingerprint density at radius 2 is 1.87 bits per heavy atom. The van der Waals surface area contributed by atoms with Crippen LogP contribution in [0.4, 0.5) is 23.2 Å². The smallest absolute Gasteiger partial charge is 0.490 e. The number of hydrogen-bond donors (Lipinski definition) is 2. The van der Waals surface area contributed by atoms with Crippen molar-refractivity contribution in [3.63, 3.8) is 0 Å². The van der Waals surface area contributed by atoms with Crippen molar-refractivity contribution in [1.29, 1.82) is 0 Å². The van der Waals surface area contributed by atoms with E-state index in [0.717, 1.165) is 28.5 Å². The van der Waals surface area contributed by atoms with Gasteiger partial charge < -0.3 is 9.84 Å². The van der Waals surface area contributed by atoms with Crippen LogP contribution >= 0.6 is 11.3 Å². The van der Waals surface area contributed by atoms with Gasteiger partial charge >= 0.3 is 12.1 Å². The van der Waals surface area contributed by atoms with Gasteiger partial charge in [-0.25, -0.2) is 19.0 Å². The molecule has 2 heterocycles. The van der Waals surface area contributed by atoms with E-state index < -0.39 is 29.1 Å². The van der Waals surface area contributed by atoms with Crippen LogP contribution < -0.4 is 9.46 Å². The molecule has 4 rings (SSSR count).